The Morgan fingerprint density at radius 2 is 1.97 bits per heavy atom. The van der Waals surface area contributed by atoms with Gasteiger partial charge in [-0.05, 0) is 44.0 Å². The average Bonchev–Trinajstić information content (AvgIpc) is 3.53. The maximum Gasteiger partial charge on any atom is 0.257 e. The van der Waals surface area contributed by atoms with E-state index in [4.69, 9.17) is 11.6 Å². The summed E-state index contributed by atoms with van der Waals surface area (Å²) < 4.78 is 16.7. The van der Waals surface area contributed by atoms with E-state index in [0.29, 0.717) is 22.7 Å². The third kappa shape index (κ3) is 3.79. The molecule has 0 saturated heterocycles. The first-order valence-corrected chi connectivity index (χ1v) is 11.5. The van der Waals surface area contributed by atoms with Crippen LogP contribution in [0.15, 0.2) is 58.2 Å². The maximum atomic E-state index is 14.7. The van der Waals surface area contributed by atoms with Gasteiger partial charge in [0.2, 0.25) is 0 Å². The van der Waals surface area contributed by atoms with Gasteiger partial charge in [-0.3, -0.25) is 9.59 Å². The summed E-state index contributed by atoms with van der Waals surface area (Å²) in [5.74, 6) is -0.665. The lowest BCUT2D eigenvalue weighted by molar-refractivity contribution is 0.0948. The van der Waals surface area contributed by atoms with Gasteiger partial charge in [-0.25, -0.2) is 4.39 Å². The van der Waals surface area contributed by atoms with E-state index in [1.54, 1.807) is 24.3 Å². The molecule has 3 aromatic rings. The monoisotopic (exact) mass is 454 g/mol. The number of thioether (sulfide) groups is 1. The van der Waals surface area contributed by atoms with Crippen LogP contribution in [0.25, 0.3) is 5.69 Å². The zero-order chi connectivity index (χ0) is 21.7. The van der Waals surface area contributed by atoms with Crippen LogP contribution >= 0.6 is 23.4 Å². The van der Waals surface area contributed by atoms with E-state index in [9.17, 15) is 14.0 Å². The fraction of sp³-hybridized carbons (Fsp3) is 0.250. The summed E-state index contributed by atoms with van der Waals surface area (Å²) in [6.45, 7) is 1.85. The number of aryl methyl sites for hydroxylation is 1. The quantitative estimate of drug-likeness (QED) is 0.590. The molecule has 2 aliphatic rings. The summed E-state index contributed by atoms with van der Waals surface area (Å²) in [4.78, 5) is 26.9. The molecule has 1 amide bonds. The highest BCUT2D eigenvalue weighted by Gasteiger charge is 2.32. The Morgan fingerprint density at radius 1 is 1.19 bits per heavy atom. The standard InChI is InChI=1S/C24H20ClFN2O2S/c1-13-10-20(29)23(24(30)27-15-7-8-15)19-12-21(16-4-2-3-5-17(16)26)31-22-11-14(25)6-9-18(22)28(13)19/h2-6,9-11,15,21H,7-8,12H2,1H3,(H,27,30). The molecule has 1 N–H and O–H groups in total. The van der Waals surface area contributed by atoms with Crippen molar-refractivity contribution in [1.82, 2.24) is 9.88 Å². The molecule has 0 spiro atoms. The Bertz CT molecular complexity index is 1270. The molecule has 1 saturated carbocycles. The molecule has 2 aromatic carbocycles. The van der Waals surface area contributed by atoms with Gasteiger partial charge in [-0.1, -0.05) is 29.8 Å². The summed E-state index contributed by atoms with van der Waals surface area (Å²) in [7, 11) is 0. The van der Waals surface area contributed by atoms with E-state index in [0.717, 1.165) is 29.1 Å². The highest BCUT2D eigenvalue weighted by molar-refractivity contribution is 7.99. The number of carbonyl (C=O) groups is 1. The van der Waals surface area contributed by atoms with Gasteiger partial charge in [0.05, 0.1) is 5.69 Å². The lowest BCUT2D eigenvalue weighted by atomic mass is 10.0. The Hall–Kier alpha value is -2.57. The molecule has 1 aliphatic heterocycles. The largest absolute Gasteiger partial charge is 0.349 e. The van der Waals surface area contributed by atoms with Crippen LogP contribution in [0.1, 0.15) is 45.4 Å². The average molecular weight is 455 g/mol. The van der Waals surface area contributed by atoms with E-state index >= 15 is 0 Å². The minimum Gasteiger partial charge on any atom is -0.349 e. The molecule has 0 radical (unpaired) electrons. The van der Waals surface area contributed by atoms with Gasteiger partial charge in [-0.2, -0.15) is 0 Å². The van der Waals surface area contributed by atoms with Crippen molar-refractivity contribution in [2.24, 2.45) is 0 Å². The fourth-order valence-corrected chi connectivity index (χ4v) is 5.68. The lowest BCUT2D eigenvalue weighted by Gasteiger charge is -2.20. The van der Waals surface area contributed by atoms with E-state index in [1.165, 1.54) is 23.9 Å². The van der Waals surface area contributed by atoms with Gasteiger partial charge in [0.1, 0.15) is 11.4 Å². The van der Waals surface area contributed by atoms with Gasteiger partial charge >= 0.3 is 0 Å². The molecule has 1 aromatic heterocycles. The summed E-state index contributed by atoms with van der Waals surface area (Å²) in [6.07, 6.45) is 2.19. The fourth-order valence-electron chi connectivity index (χ4n) is 4.10. The van der Waals surface area contributed by atoms with Crippen LogP contribution in [0.2, 0.25) is 5.02 Å². The van der Waals surface area contributed by atoms with Crippen LogP contribution in [-0.4, -0.2) is 16.5 Å². The van der Waals surface area contributed by atoms with E-state index in [2.05, 4.69) is 5.32 Å². The number of halogens is 2. The van der Waals surface area contributed by atoms with E-state index in [1.807, 2.05) is 23.6 Å². The Kier molecular flexibility index (Phi) is 5.15. The maximum absolute atomic E-state index is 14.7. The van der Waals surface area contributed by atoms with Crippen molar-refractivity contribution in [2.45, 2.75) is 42.4 Å². The van der Waals surface area contributed by atoms with Gasteiger partial charge in [-0.15, -0.1) is 11.8 Å². The van der Waals surface area contributed by atoms with Crippen molar-refractivity contribution in [3.63, 3.8) is 0 Å². The van der Waals surface area contributed by atoms with Gasteiger partial charge in [0, 0.05) is 50.6 Å². The summed E-state index contributed by atoms with van der Waals surface area (Å²) in [5.41, 5.74) is 2.53. The van der Waals surface area contributed by atoms with Crippen LogP contribution in [0.4, 0.5) is 4.39 Å². The highest BCUT2D eigenvalue weighted by atomic mass is 35.5. The topological polar surface area (TPSA) is 51.1 Å². The van der Waals surface area contributed by atoms with E-state index in [-0.39, 0.29) is 34.0 Å². The number of carbonyl (C=O) groups excluding carboxylic acids is 1. The van der Waals surface area contributed by atoms with Crippen LogP contribution in [0.5, 0.6) is 0 Å². The predicted molar refractivity (Wildman–Crippen MR) is 121 cm³/mol. The van der Waals surface area contributed by atoms with Crippen molar-refractivity contribution >= 4 is 29.3 Å². The van der Waals surface area contributed by atoms with E-state index < -0.39 is 0 Å². The molecule has 0 bridgehead atoms. The molecule has 4 nitrogen and oxygen atoms in total. The molecule has 1 unspecified atom stereocenters. The first kappa shape index (κ1) is 20.3. The van der Waals surface area contributed by atoms with Crippen molar-refractivity contribution in [2.75, 3.05) is 0 Å². The lowest BCUT2D eigenvalue weighted by Crippen LogP contribution is -2.33. The van der Waals surface area contributed by atoms with Crippen molar-refractivity contribution in [1.29, 1.82) is 0 Å². The molecule has 5 rings (SSSR count). The number of rotatable bonds is 3. The zero-order valence-corrected chi connectivity index (χ0v) is 18.4. The van der Waals surface area contributed by atoms with Crippen LogP contribution in [0, 0.1) is 12.7 Å². The van der Waals surface area contributed by atoms with Crippen LogP contribution in [-0.2, 0) is 6.42 Å². The Morgan fingerprint density at radius 3 is 2.71 bits per heavy atom. The SMILES string of the molecule is Cc1cc(=O)c(C(=O)NC2CC2)c2n1-c1ccc(Cl)cc1SC(c1ccccc1F)C2. The molecular weight excluding hydrogens is 435 g/mol. The summed E-state index contributed by atoms with van der Waals surface area (Å²) in [6, 6.07) is 13.8. The Labute approximate surface area is 188 Å². The molecule has 7 heteroatoms. The number of hydrogen-bond donors (Lipinski definition) is 1. The summed E-state index contributed by atoms with van der Waals surface area (Å²) in [5, 5.41) is 3.20. The molecule has 1 fully saturated rings. The molecule has 31 heavy (non-hydrogen) atoms. The first-order chi connectivity index (χ1) is 14.9. The van der Waals surface area contributed by atoms with Gasteiger partial charge < -0.3 is 9.88 Å². The third-order valence-corrected chi connectivity index (χ3v) is 7.22. The normalized spacial score (nSPS) is 17.5. The third-order valence-electron chi connectivity index (χ3n) is 5.70. The van der Waals surface area contributed by atoms with Crippen molar-refractivity contribution < 1.29 is 9.18 Å². The zero-order valence-electron chi connectivity index (χ0n) is 16.8. The second-order valence-corrected chi connectivity index (χ2v) is 9.68. The number of fused-ring (bicyclic) bond motifs is 3. The number of hydrogen-bond acceptors (Lipinski definition) is 3. The van der Waals surface area contributed by atoms with Crippen LogP contribution < -0.4 is 10.7 Å². The minimum absolute atomic E-state index is 0.127. The number of benzene rings is 2. The predicted octanol–water partition coefficient (Wildman–Crippen LogP) is 5.22. The molecule has 2 heterocycles. The smallest absolute Gasteiger partial charge is 0.257 e. The Balaban J connectivity index is 1.76. The second-order valence-electron chi connectivity index (χ2n) is 8.00. The number of amides is 1. The van der Waals surface area contributed by atoms with Gasteiger partial charge in [0.15, 0.2) is 5.43 Å². The molecule has 1 atom stereocenters. The molecular formula is C24H20ClFN2O2S. The van der Waals surface area contributed by atoms with Gasteiger partial charge in [0.25, 0.3) is 5.91 Å². The number of pyridine rings is 1. The van der Waals surface area contributed by atoms with Crippen molar-refractivity contribution in [3.8, 4) is 5.69 Å². The number of aromatic nitrogens is 1. The second kappa shape index (κ2) is 7.84. The first-order valence-electron chi connectivity index (χ1n) is 10.2. The molecule has 1 aliphatic carbocycles. The summed E-state index contributed by atoms with van der Waals surface area (Å²) >= 11 is 7.78. The minimum atomic E-state index is -0.356. The van der Waals surface area contributed by atoms with Crippen molar-refractivity contribution in [3.05, 3.63) is 92.1 Å². The molecule has 158 valence electrons. The van der Waals surface area contributed by atoms with Crippen LogP contribution in [0.3, 0.4) is 0 Å². The number of nitrogens with one attached hydrogen (secondary N) is 1. The number of nitrogens with zero attached hydrogens (tertiary/aromatic N) is 1. The highest BCUT2D eigenvalue weighted by Crippen LogP contribution is 2.45.